The van der Waals surface area contributed by atoms with E-state index in [1.54, 1.807) is 0 Å². The van der Waals surface area contributed by atoms with Crippen molar-refractivity contribution in [3.63, 3.8) is 0 Å². The van der Waals surface area contributed by atoms with E-state index >= 15 is 0 Å². The van der Waals surface area contributed by atoms with Crippen molar-refractivity contribution in [2.45, 2.75) is 44.2 Å². The third-order valence-electron chi connectivity index (χ3n) is 4.18. The lowest BCUT2D eigenvalue weighted by Gasteiger charge is -2.26. The Kier molecular flexibility index (Phi) is 2.53. The summed E-state index contributed by atoms with van der Waals surface area (Å²) in [5.74, 6) is 0.866. The highest BCUT2D eigenvalue weighted by atomic mass is 16.5. The largest absolute Gasteiger partial charge is 0.375 e. The lowest BCUT2D eigenvalue weighted by molar-refractivity contribution is -0.124. The second-order valence-corrected chi connectivity index (χ2v) is 5.22. The van der Waals surface area contributed by atoms with Gasteiger partial charge in [-0.25, -0.2) is 0 Å². The Balaban J connectivity index is 1.54. The van der Waals surface area contributed by atoms with Gasteiger partial charge in [0, 0.05) is 18.5 Å². The lowest BCUT2D eigenvalue weighted by atomic mass is 10.0. The first kappa shape index (κ1) is 9.79. The first-order valence-electron chi connectivity index (χ1n) is 6.21. The summed E-state index contributed by atoms with van der Waals surface area (Å²) < 4.78 is 5.54. The van der Waals surface area contributed by atoms with Crippen molar-refractivity contribution < 1.29 is 9.53 Å². The summed E-state index contributed by atoms with van der Waals surface area (Å²) in [5.41, 5.74) is 0. The molecule has 2 unspecified atom stereocenters. The molecule has 1 aliphatic carbocycles. The molecule has 2 heterocycles. The monoisotopic (exact) mass is 209 g/mol. The minimum absolute atomic E-state index is 0.380. The van der Waals surface area contributed by atoms with Crippen LogP contribution in [-0.4, -0.2) is 42.5 Å². The van der Waals surface area contributed by atoms with Crippen molar-refractivity contribution in [2.75, 3.05) is 19.7 Å². The van der Waals surface area contributed by atoms with Gasteiger partial charge in [0.15, 0.2) is 0 Å². The number of ether oxygens (including phenoxy) is 1. The van der Waals surface area contributed by atoms with E-state index in [-0.39, 0.29) is 0 Å². The predicted molar refractivity (Wildman–Crippen MR) is 56.7 cm³/mol. The van der Waals surface area contributed by atoms with Crippen molar-refractivity contribution in [2.24, 2.45) is 5.92 Å². The maximum Gasteiger partial charge on any atom is 0.149 e. The molecular weight excluding hydrogens is 190 g/mol. The summed E-state index contributed by atoms with van der Waals surface area (Å²) >= 11 is 0. The second-order valence-electron chi connectivity index (χ2n) is 5.22. The highest BCUT2D eigenvalue weighted by Gasteiger charge is 2.40. The average Bonchev–Trinajstić information content (AvgIpc) is 2.95. The number of fused-ring (bicyclic) bond motifs is 2. The van der Waals surface area contributed by atoms with Crippen molar-refractivity contribution >= 4 is 5.78 Å². The van der Waals surface area contributed by atoms with Crippen LogP contribution in [0.4, 0.5) is 0 Å². The van der Waals surface area contributed by atoms with E-state index in [1.807, 2.05) is 0 Å². The number of morpholine rings is 1. The zero-order valence-corrected chi connectivity index (χ0v) is 9.15. The number of likely N-dealkylation sites (tertiary alicyclic amines) is 1. The van der Waals surface area contributed by atoms with Gasteiger partial charge in [-0.1, -0.05) is 12.8 Å². The molecule has 3 heteroatoms. The Morgan fingerprint density at radius 2 is 2.13 bits per heavy atom. The molecule has 2 aliphatic heterocycles. The van der Waals surface area contributed by atoms with E-state index in [1.165, 1.54) is 12.8 Å². The summed E-state index contributed by atoms with van der Waals surface area (Å²) in [4.78, 5) is 14.3. The third-order valence-corrected chi connectivity index (χ3v) is 4.18. The first-order chi connectivity index (χ1) is 7.33. The van der Waals surface area contributed by atoms with Crippen LogP contribution in [0.3, 0.4) is 0 Å². The maximum atomic E-state index is 12.0. The molecule has 0 amide bonds. The van der Waals surface area contributed by atoms with Gasteiger partial charge in [-0.2, -0.15) is 0 Å². The number of Topliss-reactive ketones (excluding diaryl/α,β-unsaturated/α-hetero) is 1. The number of hydrogen-bond acceptors (Lipinski definition) is 3. The van der Waals surface area contributed by atoms with Crippen molar-refractivity contribution in [1.82, 2.24) is 4.90 Å². The summed E-state index contributed by atoms with van der Waals surface area (Å²) in [6, 6.07) is 0.542. The molecule has 2 saturated heterocycles. The van der Waals surface area contributed by atoms with Gasteiger partial charge in [-0.15, -0.1) is 0 Å². The van der Waals surface area contributed by atoms with Crippen LogP contribution in [0, 0.1) is 5.92 Å². The van der Waals surface area contributed by atoms with Gasteiger partial charge in [-0.05, 0) is 19.3 Å². The molecule has 3 aliphatic rings. The van der Waals surface area contributed by atoms with E-state index in [9.17, 15) is 4.79 Å². The summed E-state index contributed by atoms with van der Waals surface area (Å²) in [6.45, 7) is 2.53. The van der Waals surface area contributed by atoms with Crippen LogP contribution in [-0.2, 0) is 9.53 Å². The van der Waals surface area contributed by atoms with Crippen molar-refractivity contribution in [3.05, 3.63) is 0 Å². The Morgan fingerprint density at radius 1 is 1.33 bits per heavy atom. The van der Waals surface area contributed by atoms with Gasteiger partial charge < -0.3 is 4.74 Å². The molecule has 0 aromatic rings. The fourth-order valence-electron chi connectivity index (χ4n) is 3.25. The number of hydrogen-bond donors (Lipinski definition) is 0. The van der Waals surface area contributed by atoms with Crippen LogP contribution < -0.4 is 0 Å². The highest BCUT2D eigenvalue weighted by Crippen LogP contribution is 2.30. The molecule has 0 aromatic heterocycles. The molecule has 0 aromatic carbocycles. The SMILES string of the molecule is O=C(CN1CC2CC1CO2)C1CCCC1. The smallest absolute Gasteiger partial charge is 0.149 e. The topological polar surface area (TPSA) is 29.5 Å². The fraction of sp³-hybridized carbons (Fsp3) is 0.917. The van der Waals surface area contributed by atoms with Gasteiger partial charge >= 0.3 is 0 Å². The van der Waals surface area contributed by atoms with Crippen LogP contribution in [0.25, 0.3) is 0 Å². The number of carbonyl (C=O) groups excluding carboxylic acids is 1. The molecule has 84 valence electrons. The molecule has 3 fully saturated rings. The van der Waals surface area contributed by atoms with Crippen molar-refractivity contribution in [1.29, 1.82) is 0 Å². The van der Waals surface area contributed by atoms with Crippen LogP contribution in [0.15, 0.2) is 0 Å². The van der Waals surface area contributed by atoms with E-state index in [4.69, 9.17) is 4.74 Å². The summed E-state index contributed by atoms with van der Waals surface area (Å²) in [6.07, 6.45) is 6.36. The zero-order valence-electron chi connectivity index (χ0n) is 9.15. The molecule has 0 radical (unpaired) electrons. The molecule has 3 rings (SSSR count). The van der Waals surface area contributed by atoms with Crippen molar-refractivity contribution in [3.8, 4) is 0 Å². The van der Waals surface area contributed by atoms with E-state index in [2.05, 4.69) is 4.90 Å². The van der Waals surface area contributed by atoms with Crippen LogP contribution >= 0.6 is 0 Å². The number of nitrogens with zero attached hydrogens (tertiary/aromatic N) is 1. The molecular formula is C12H19NO2. The van der Waals surface area contributed by atoms with Gasteiger partial charge in [-0.3, -0.25) is 9.69 Å². The average molecular weight is 209 g/mol. The Hall–Kier alpha value is -0.410. The van der Waals surface area contributed by atoms with Gasteiger partial charge in [0.25, 0.3) is 0 Å². The zero-order chi connectivity index (χ0) is 10.3. The number of rotatable bonds is 3. The molecule has 2 atom stereocenters. The minimum atomic E-state index is 0.380. The Morgan fingerprint density at radius 3 is 2.73 bits per heavy atom. The Bertz CT molecular complexity index is 260. The lowest BCUT2D eigenvalue weighted by Crippen LogP contribution is -2.41. The number of ketones is 1. The molecule has 1 saturated carbocycles. The van der Waals surface area contributed by atoms with Crippen LogP contribution in [0.5, 0.6) is 0 Å². The van der Waals surface area contributed by atoms with Gasteiger partial charge in [0.05, 0.1) is 19.3 Å². The Labute approximate surface area is 90.8 Å². The van der Waals surface area contributed by atoms with Gasteiger partial charge in [0.1, 0.15) is 5.78 Å². The van der Waals surface area contributed by atoms with Crippen LogP contribution in [0.1, 0.15) is 32.1 Å². The molecule has 2 bridgehead atoms. The molecule has 3 nitrogen and oxygen atoms in total. The normalized spacial score (nSPS) is 36.5. The van der Waals surface area contributed by atoms with E-state index in [0.29, 0.717) is 30.4 Å². The first-order valence-corrected chi connectivity index (χ1v) is 6.21. The summed E-state index contributed by atoms with van der Waals surface area (Å²) in [7, 11) is 0. The number of carbonyl (C=O) groups is 1. The maximum absolute atomic E-state index is 12.0. The quantitative estimate of drug-likeness (QED) is 0.700. The standard InChI is InChI=1S/C12H19NO2/c14-12(9-3-1-2-4-9)7-13-6-11-5-10(13)8-15-11/h9-11H,1-8H2. The van der Waals surface area contributed by atoms with Gasteiger partial charge in [0.2, 0.25) is 0 Å². The molecule has 0 spiro atoms. The van der Waals surface area contributed by atoms with Crippen LogP contribution in [0.2, 0.25) is 0 Å². The minimum Gasteiger partial charge on any atom is -0.375 e. The summed E-state index contributed by atoms with van der Waals surface area (Å²) in [5, 5.41) is 0. The highest BCUT2D eigenvalue weighted by molar-refractivity contribution is 5.83. The fourth-order valence-corrected chi connectivity index (χ4v) is 3.25. The predicted octanol–water partition coefficient (Wildman–Crippen LogP) is 1.22. The van der Waals surface area contributed by atoms with E-state index < -0.39 is 0 Å². The molecule has 0 N–H and O–H groups in total. The molecule has 15 heavy (non-hydrogen) atoms. The van der Waals surface area contributed by atoms with E-state index in [0.717, 1.165) is 32.4 Å². The second kappa shape index (κ2) is 3.87. The third kappa shape index (κ3) is 1.83.